The van der Waals surface area contributed by atoms with E-state index in [0.717, 1.165) is 22.4 Å². The molecule has 3 aromatic rings. The summed E-state index contributed by atoms with van der Waals surface area (Å²) in [5, 5.41) is 3.71. The highest BCUT2D eigenvalue weighted by molar-refractivity contribution is 7.99. The normalized spacial score (nSPS) is 10.9. The van der Waals surface area contributed by atoms with E-state index in [1.54, 1.807) is 27.9 Å². The van der Waals surface area contributed by atoms with E-state index >= 15 is 0 Å². The largest absolute Gasteiger partial charge is 0.462 e. The predicted molar refractivity (Wildman–Crippen MR) is 132 cm³/mol. The van der Waals surface area contributed by atoms with Gasteiger partial charge in [-0.05, 0) is 38.5 Å². The van der Waals surface area contributed by atoms with Crippen molar-refractivity contribution >= 4 is 57.0 Å². The number of thiophene rings is 1. The molecule has 2 heterocycles. The van der Waals surface area contributed by atoms with Crippen LogP contribution in [0.1, 0.15) is 39.4 Å². The number of para-hydroxylation sites is 2. The van der Waals surface area contributed by atoms with Gasteiger partial charge in [0.25, 0.3) is 0 Å². The molecule has 3 rings (SSSR count). The quantitative estimate of drug-likeness (QED) is 0.306. The van der Waals surface area contributed by atoms with E-state index in [2.05, 4.69) is 10.3 Å². The second kappa shape index (κ2) is 12.0. The summed E-state index contributed by atoms with van der Waals surface area (Å²) in [7, 11) is 1.63. The van der Waals surface area contributed by atoms with Crippen LogP contribution in [0, 0.1) is 6.92 Å². The third-order valence-electron chi connectivity index (χ3n) is 4.81. The Bertz CT molecular complexity index is 1190. The number of benzene rings is 1. The van der Waals surface area contributed by atoms with Crippen LogP contribution in [0.5, 0.6) is 0 Å². The molecule has 2 aromatic heterocycles. The number of amides is 1. The van der Waals surface area contributed by atoms with Gasteiger partial charge in [-0.25, -0.2) is 14.6 Å². The van der Waals surface area contributed by atoms with Crippen LogP contribution in [0.4, 0.5) is 5.00 Å². The zero-order chi connectivity index (χ0) is 24.7. The van der Waals surface area contributed by atoms with Crippen LogP contribution in [0.2, 0.25) is 0 Å². The van der Waals surface area contributed by atoms with Crippen LogP contribution in [-0.4, -0.2) is 60.1 Å². The van der Waals surface area contributed by atoms with E-state index in [1.807, 2.05) is 28.8 Å². The molecule has 0 aliphatic heterocycles. The number of nitrogens with one attached hydrogen (secondary N) is 1. The number of methoxy groups -OCH3 is 1. The lowest BCUT2D eigenvalue weighted by Gasteiger charge is -2.09. The molecule has 9 nitrogen and oxygen atoms in total. The van der Waals surface area contributed by atoms with Gasteiger partial charge in [-0.15, -0.1) is 11.3 Å². The van der Waals surface area contributed by atoms with Crippen molar-refractivity contribution in [1.29, 1.82) is 0 Å². The summed E-state index contributed by atoms with van der Waals surface area (Å²) in [5.41, 5.74) is 2.38. The number of carbonyl (C=O) groups is 3. The third-order valence-corrected chi connectivity index (χ3v) is 6.97. The Hall–Kier alpha value is -2.89. The molecule has 0 fully saturated rings. The van der Waals surface area contributed by atoms with Crippen molar-refractivity contribution < 1.29 is 28.6 Å². The standard InChI is InChI=1S/C23H27N3O6S2/c1-5-31-21(28)18-14(3)19(22(29)32-6-2)34-20(18)25-17(27)13-33-23-24-15-9-7-8-10-16(15)26(23)11-12-30-4/h7-10H,5-6,11-13H2,1-4H3,(H,25,27). The summed E-state index contributed by atoms with van der Waals surface area (Å²) >= 11 is 2.28. The average Bonchev–Trinajstić information content (AvgIpc) is 3.33. The lowest BCUT2D eigenvalue weighted by Crippen LogP contribution is -2.17. The minimum absolute atomic E-state index is 0.0598. The molecule has 182 valence electrons. The summed E-state index contributed by atoms with van der Waals surface area (Å²) in [6.45, 7) is 6.51. The van der Waals surface area contributed by atoms with E-state index in [0.29, 0.717) is 23.9 Å². The molecule has 0 saturated heterocycles. The fraction of sp³-hybridized carbons (Fsp3) is 0.391. The summed E-state index contributed by atoms with van der Waals surface area (Å²) in [5.74, 6) is -1.42. The Morgan fingerprint density at radius 3 is 2.53 bits per heavy atom. The fourth-order valence-electron chi connectivity index (χ4n) is 3.30. The van der Waals surface area contributed by atoms with E-state index in [9.17, 15) is 14.4 Å². The van der Waals surface area contributed by atoms with Crippen LogP contribution in [0.3, 0.4) is 0 Å². The number of carbonyl (C=O) groups excluding carboxylic acids is 3. The molecule has 0 bridgehead atoms. The Labute approximate surface area is 205 Å². The maximum Gasteiger partial charge on any atom is 0.348 e. The Kier molecular flexibility index (Phi) is 9.08. The number of nitrogens with zero attached hydrogens (tertiary/aromatic N) is 2. The van der Waals surface area contributed by atoms with Gasteiger partial charge >= 0.3 is 11.9 Å². The van der Waals surface area contributed by atoms with Crippen LogP contribution in [0.15, 0.2) is 29.4 Å². The summed E-state index contributed by atoms with van der Waals surface area (Å²) in [6, 6.07) is 7.73. The number of anilines is 1. The van der Waals surface area contributed by atoms with Gasteiger partial charge < -0.3 is 24.1 Å². The zero-order valence-corrected chi connectivity index (χ0v) is 21.1. The first-order valence-electron chi connectivity index (χ1n) is 10.8. The molecular formula is C23H27N3O6S2. The van der Waals surface area contributed by atoms with E-state index in [-0.39, 0.29) is 40.3 Å². The first-order valence-corrected chi connectivity index (χ1v) is 12.6. The van der Waals surface area contributed by atoms with Gasteiger partial charge in [0.2, 0.25) is 5.91 Å². The van der Waals surface area contributed by atoms with Crippen LogP contribution >= 0.6 is 23.1 Å². The van der Waals surface area contributed by atoms with Gasteiger partial charge in [0.15, 0.2) is 5.16 Å². The van der Waals surface area contributed by atoms with Crippen molar-refractivity contribution in [2.75, 3.05) is 38.0 Å². The molecule has 0 aliphatic carbocycles. The van der Waals surface area contributed by atoms with Crippen LogP contribution in [0.25, 0.3) is 11.0 Å². The molecule has 0 saturated carbocycles. The maximum atomic E-state index is 12.8. The van der Waals surface area contributed by atoms with Crippen molar-refractivity contribution in [3.8, 4) is 0 Å². The SMILES string of the molecule is CCOC(=O)c1sc(NC(=O)CSc2nc3ccccc3n2CCOC)c(C(=O)OCC)c1C. The number of hydrogen-bond acceptors (Lipinski definition) is 9. The molecule has 0 atom stereocenters. The highest BCUT2D eigenvalue weighted by atomic mass is 32.2. The number of esters is 2. The van der Waals surface area contributed by atoms with Gasteiger partial charge in [0.1, 0.15) is 9.88 Å². The van der Waals surface area contributed by atoms with E-state index < -0.39 is 11.9 Å². The molecule has 0 radical (unpaired) electrons. The molecule has 1 N–H and O–H groups in total. The molecule has 0 spiro atoms. The average molecular weight is 506 g/mol. The highest BCUT2D eigenvalue weighted by Crippen LogP contribution is 2.34. The summed E-state index contributed by atoms with van der Waals surface area (Å²) < 4.78 is 17.4. The Morgan fingerprint density at radius 1 is 1.12 bits per heavy atom. The molecule has 0 unspecified atom stereocenters. The molecule has 34 heavy (non-hydrogen) atoms. The Morgan fingerprint density at radius 2 is 1.82 bits per heavy atom. The monoisotopic (exact) mass is 505 g/mol. The second-order valence-corrected chi connectivity index (χ2v) is 9.03. The Balaban J connectivity index is 1.80. The number of aromatic nitrogens is 2. The predicted octanol–water partition coefficient (Wildman–Crippen LogP) is 4.14. The topological polar surface area (TPSA) is 109 Å². The van der Waals surface area contributed by atoms with Crippen molar-refractivity contribution in [2.45, 2.75) is 32.5 Å². The fourth-order valence-corrected chi connectivity index (χ4v) is 5.24. The van der Waals surface area contributed by atoms with Crippen LogP contribution < -0.4 is 5.32 Å². The maximum absolute atomic E-state index is 12.8. The highest BCUT2D eigenvalue weighted by Gasteiger charge is 2.27. The van der Waals surface area contributed by atoms with Crippen molar-refractivity contribution in [1.82, 2.24) is 9.55 Å². The number of fused-ring (bicyclic) bond motifs is 1. The minimum atomic E-state index is -0.601. The summed E-state index contributed by atoms with van der Waals surface area (Å²) in [4.78, 5) is 42.6. The van der Waals surface area contributed by atoms with Gasteiger partial charge in [0, 0.05) is 13.7 Å². The lowest BCUT2D eigenvalue weighted by molar-refractivity contribution is -0.113. The van der Waals surface area contributed by atoms with Gasteiger partial charge in [-0.2, -0.15) is 0 Å². The minimum Gasteiger partial charge on any atom is -0.462 e. The second-order valence-electron chi connectivity index (χ2n) is 7.07. The number of thioether (sulfide) groups is 1. The van der Waals surface area contributed by atoms with E-state index in [1.165, 1.54) is 11.8 Å². The number of imidazole rings is 1. The molecular weight excluding hydrogens is 478 g/mol. The summed E-state index contributed by atoms with van der Waals surface area (Å²) in [6.07, 6.45) is 0. The van der Waals surface area contributed by atoms with Gasteiger partial charge in [-0.3, -0.25) is 4.79 Å². The zero-order valence-electron chi connectivity index (χ0n) is 19.5. The van der Waals surface area contributed by atoms with E-state index in [4.69, 9.17) is 14.2 Å². The number of rotatable bonds is 11. The number of ether oxygens (including phenoxy) is 3. The number of hydrogen-bond donors (Lipinski definition) is 1. The smallest absolute Gasteiger partial charge is 0.348 e. The van der Waals surface area contributed by atoms with Crippen molar-refractivity contribution in [3.63, 3.8) is 0 Å². The first kappa shape index (κ1) is 25.7. The van der Waals surface area contributed by atoms with Gasteiger partial charge in [0.05, 0.1) is 42.2 Å². The molecule has 1 amide bonds. The molecule has 11 heteroatoms. The molecule has 0 aliphatic rings. The molecule has 1 aromatic carbocycles. The van der Waals surface area contributed by atoms with Crippen molar-refractivity contribution in [3.05, 3.63) is 40.3 Å². The van der Waals surface area contributed by atoms with Crippen molar-refractivity contribution in [2.24, 2.45) is 0 Å². The van der Waals surface area contributed by atoms with Gasteiger partial charge in [-0.1, -0.05) is 23.9 Å². The first-order chi connectivity index (χ1) is 16.4. The van der Waals surface area contributed by atoms with Crippen LogP contribution in [-0.2, 0) is 25.5 Å². The lowest BCUT2D eigenvalue weighted by atomic mass is 10.1. The third kappa shape index (κ3) is 5.78.